The Kier molecular flexibility index (Phi) is 7.18. The molecule has 1 N–H and O–H groups in total. The Bertz CT molecular complexity index is 732. The van der Waals surface area contributed by atoms with Gasteiger partial charge in [-0.15, -0.1) is 0 Å². The van der Waals surface area contributed by atoms with Crippen LogP contribution in [0.5, 0.6) is 11.8 Å². The molecule has 0 saturated carbocycles. The van der Waals surface area contributed by atoms with Gasteiger partial charge in [-0.3, -0.25) is 0 Å². The lowest BCUT2D eigenvalue weighted by Crippen LogP contribution is -2.09. The zero-order valence-electron chi connectivity index (χ0n) is 16.7. The topological polar surface area (TPSA) is 69.2 Å². The van der Waals surface area contributed by atoms with Crippen molar-refractivity contribution in [1.29, 1.82) is 0 Å². The largest absolute Gasteiger partial charge is 0.480 e. The van der Waals surface area contributed by atoms with Gasteiger partial charge in [0.25, 0.3) is 5.88 Å². The number of anilines is 1. The average molecular weight is 358 g/mol. The van der Waals surface area contributed by atoms with E-state index in [0.717, 1.165) is 35.6 Å². The number of nitrogens with zero attached hydrogens (tertiary/aromatic N) is 3. The molecule has 0 fully saturated rings. The Labute approximate surface area is 156 Å². The summed E-state index contributed by atoms with van der Waals surface area (Å²) in [6.07, 6.45) is 3.46. The highest BCUT2D eigenvalue weighted by molar-refractivity contribution is 5.69. The zero-order chi connectivity index (χ0) is 19.1. The summed E-state index contributed by atoms with van der Waals surface area (Å²) in [6.45, 7) is 9.19. The lowest BCUT2D eigenvalue weighted by molar-refractivity contribution is 0.394. The first-order valence-corrected chi connectivity index (χ1v) is 9.23. The van der Waals surface area contributed by atoms with Gasteiger partial charge in [0.2, 0.25) is 5.88 Å². The molecule has 0 saturated heterocycles. The van der Waals surface area contributed by atoms with E-state index in [-0.39, 0.29) is 0 Å². The van der Waals surface area contributed by atoms with Gasteiger partial charge in [0.05, 0.1) is 25.5 Å². The summed E-state index contributed by atoms with van der Waals surface area (Å²) in [7, 11) is 3.23. The summed E-state index contributed by atoms with van der Waals surface area (Å²) in [6, 6.07) is 4.00. The predicted octanol–water partition coefficient (Wildman–Crippen LogP) is 4.59. The van der Waals surface area contributed by atoms with E-state index in [0.29, 0.717) is 23.5 Å². The van der Waals surface area contributed by atoms with Crippen LogP contribution in [0.1, 0.15) is 57.3 Å². The number of hydrogen-bond donors (Lipinski definition) is 1. The number of methoxy groups -OCH3 is 2. The molecule has 6 nitrogen and oxygen atoms in total. The van der Waals surface area contributed by atoms with Crippen LogP contribution >= 0.6 is 0 Å². The second-order valence-electron chi connectivity index (χ2n) is 6.60. The van der Waals surface area contributed by atoms with Crippen LogP contribution in [0.25, 0.3) is 11.3 Å². The molecule has 2 heterocycles. The fourth-order valence-electron chi connectivity index (χ4n) is 2.71. The number of hydrogen-bond acceptors (Lipinski definition) is 6. The van der Waals surface area contributed by atoms with Gasteiger partial charge >= 0.3 is 0 Å². The molecular weight excluding hydrogens is 328 g/mol. The molecule has 2 aromatic rings. The van der Waals surface area contributed by atoms with Crippen LogP contribution in [0.2, 0.25) is 0 Å². The lowest BCUT2D eigenvalue weighted by atomic mass is 10.1. The number of pyridine rings is 1. The first-order valence-electron chi connectivity index (χ1n) is 9.23. The van der Waals surface area contributed by atoms with Gasteiger partial charge in [-0.2, -0.15) is 0 Å². The molecule has 0 aromatic carbocycles. The summed E-state index contributed by atoms with van der Waals surface area (Å²) in [4.78, 5) is 14.0. The molecule has 0 bridgehead atoms. The molecule has 2 aromatic heterocycles. The minimum Gasteiger partial charge on any atom is -0.480 e. The second-order valence-corrected chi connectivity index (χ2v) is 6.60. The summed E-state index contributed by atoms with van der Waals surface area (Å²) in [5, 5.41) is 3.33. The van der Waals surface area contributed by atoms with Crippen LogP contribution in [-0.2, 0) is 0 Å². The van der Waals surface area contributed by atoms with E-state index in [2.05, 4.69) is 41.0 Å². The Morgan fingerprint density at radius 2 is 1.73 bits per heavy atom. The van der Waals surface area contributed by atoms with Crippen molar-refractivity contribution in [2.75, 3.05) is 26.1 Å². The van der Waals surface area contributed by atoms with Crippen molar-refractivity contribution in [3.05, 3.63) is 23.5 Å². The van der Waals surface area contributed by atoms with Gasteiger partial charge in [-0.05, 0) is 31.4 Å². The third kappa shape index (κ3) is 4.62. The normalized spacial score (nSPS) is 10.9. The highest BCUT2D eigenvalue weighted by Gasteiger charge is 2.18. The molecule has 0 aliphatic carbocycles. The quantitative estimate of drug-likeness (QED) is 0.661. The van der Waals surface area contributed by atoms with Gasteiger partial charge in [-0.1, -0.05) is 33.6 Å². The molecule has 26 heavy (non-hydrogen) atoms. The predicted molar refractivity (Wildman–Crippen MR) is 105 cm³/mol. The van der Waals surface area contributed by atoms with Crippen LogP contribution in [0.15, 0.2) is 12.1 Å². The number of aryl methyl sites for hydroxylation is 1. The summed E-state index contributed by atoms with van der Waals surface area (Å²) in [5.41, 5.74) is 3.33. The summed E-state index contributed by atoms with van der Waals surface area (Å²) < 4.78 is 11.0. The average Bonchev–Trinajstić information content (AvgIpc) is 2.65. The van der Waals surface area contributed by atoms with E-state index in [1.807, 2.05) is 19.1 Å². The van der Waals surface area contributed by atoms with Crippen molar-refractivity contribution >= 4 is 5.82 Å². The molecule has 0 spiro atoms. The number of nitrogens with one attached hydrogen (secondary N) is 1. The van der Waals surface area contributed by atoms with Crippen LogP contribution in [0.3, 0.4) is 0 Å². The standard InChI is InChI=1S/C20H30N4O2/c1-7-8-9-12-21-18-20(26-6)24-17(14(4)22-18)15-10-11-16(13(2)3)23-19(15)25-5/h10-11,13H,7-9,12H2,1-6H3,(H,21,22). The Hall–Kier alpha value is -2.37. The third-order valence-electron chi connectivity index (χ3n) is 4.23. The highest BCUT2D eigenvalue weighted by atomic mass is 16.5. The van der Waals surface area contributed by atoms with Crippen LogP contribution in [0, 0.1) is 6.92 Å². The molecule has 2 rings (SSSR count). The molecule has 0 aliphatic rings. The monoisotopic (exact) mass is 358 g/mol. The van der Waals surface area contributed by atoms with Crippen molar-refractivity contribution < 1.29 is 9.47 Å². The summed E-state index contributed by atoms with van der Waals surface area (Å²) in [5.74, 6) is 2.04. The van der Waals surface area contributed by atoms with Crippen LogP contribution in [0.4, 0.5) is 5.82 Å². The maximum atomic E-state index is 5.51. The Balaban J connectivity index is 2.38. The van der Waals surface area contributed by atoms with Gasteiger partial charge in [-0.25, -0.2) is 15.0 Å². The number of rotatable bonds is 9. The third-order valence-corrected chi connectivity index (χ3v) is 4.23. The molecule has 0 amide bonds. The van der Waals surface area contributed by atoms with Gasteiger partial charge in [0.1, 0.15) is 5.69 Å². The van der Waals surface area contributed by atoms with E-state index < -0.39 is 0 Å². The fraction of sp³-hybridized carbons (Fsp3) is 0.550. The SMILES string of the molecule is CCCCCNc1nc(C)c(-c2ccc(C(C)C)nc2OC)nc1OC. The molecule has 0 radical (unpaired) electrons. The van der Waals surface area contributed by atoms with Gasteiger partial charge in [0.15, 0.2) is 5.82 Å². The fourth-order valence-corrected chi connectivity index (χ4v) is 2.71. The van der Waals surface area contributed by atoms with Crippen LogP contribution in [-0.4, -0.2) is 35.7 Å². The molecule has 0 aliphatic heterocycles. The maximum Gasteiger partial charge on any atom is 0.257 e. The first kappa shape index (κ1) is 19.9. The second kappa shape index (κ2) is 9.36. The molecule has 0 unspecified atom stereocenters. The highest BCUT2D eigenvalue weighted by Crippen LogP contribution is 2.33. The zero-order valence-corrected chi connectivity index (χ0v) is 16.7. The van der Waals surface area contributed by atoms with E-state index >= 15 is 0 Å². The number of aromatic nitrogens is 3. The molecular formula is C20H30N4O2. The van der Waals surface area contributed by atoms with Crippen molar-refractivity contribution in [1.82, 2.24) is 15.0 Å². The smallest absolute Gasteiger partial charge is 0.257 e. The summed E-state index contributed by atoms with van der Waals surface area (Å²) >= 11 is 0. The van der Waals surface area contributed by atoms with E-state index in [4.69, 9.17) is 9.47 Å². The van der Waals surface area contributed by atoms with E-state index in [9.17, 15) is 0 Å². The minimum atomic E-state index is 0.328. The van der Waals surface area contributed by atoms with Gasteiger partial charge in [0, 0.05) is 12.2 Å². The lowest BCUT2D eigenvalue weighted by Gasteiger charge is -2.15. The van der Waals surface area contributed by atoms with Gasteiger partial charge < -0.3 is 14.8 Å². The van der Waals surface area contributed by atoms with Crippen LogP contribution < -0.4 is 14.8 Å². The van der Waals surface area contributed by atoms with E-state index in [1.165, 1.54) is 12.8 Å². The van der Waals surface area contributed by atoms with Crippen molar-refractivity contribution in [3.63, 3.8) is 0 Å². The number of ether oxygens (including phenoxy) is 2. The minimum absolute atomic E-state index is 0.328. The van der Waals surface area contributed by atoms with Crippen molar-refractivity contribution in [2.45, 2.75) is 52.9 Å². The first-order chi connectivity index (χ1) is 12.5. The molecule has 6 heteroatoms. The molecule has 0 atom stereocenters. The van der Waals surface area contributed by atoms with Crippen molar-refractivity contribution in [3.8, 4) is 23.0 Å². The van der Waals surface area contributed by atoms with E-state index in [1.54, 1.807) is 14.2 Å². The Morgan fingerprint density at radius 1 is 1.00 bits per heavy atom. The molecule has 142 valence electrons. The van der Waals surface area contributed by atoms with Crippen molar-refractivity contribution in [2.24, 2.45) is 0 Å². The Morgan fingerprint density at radius 3 is 2.35 bits per heavy atom. The maximum absolute atomic E-state index is 5.51. The number of unbranched alkanes of at least 4 members (excludes halogenated alkanes) is 2.